The molecular weight excluding hydrogens is 332 g/mol. The summed E-state index contributed by atoms with van der Waals surface area (Å²) in [5.41, 5.74) is 2.18. The normalized spacial score (nSPS) is 14.6. The molecule has 1 aliphatic heterocycles. The fraction of sp³-hybridized carbons (Fsp3) is 0.308. The topological polar surface area (TPSA) is 16.1 Å². The van der Waals surface area contributed by atoms with Crippen LogP contribution in [0.4, 0.5) is 5.13 Å². The molecule has 18 heavy (non-hydrogen) atoms. The van der Waals surface area contributed by atoms with Crippen molar-refractivity contribution in [2.45, 2.75) is 12.8 Å². The van der Waals surface area contributed by atoms with Gasteiger partial charge in [-0.15, -0.1) is 28.3 Å². The van der Waals surface area contributed by atoms with Gasteiger partial charge < -0.3 is 4.90 Å². The first-order valence-corrected chi connectivity index (χ1v) is 7.05. The molecule has 1 aromatic heterocycles. The predicted octanol–water partition coefficient (Wildman–Crippen LogP) is 4.64. The number of thiazole rings is 1. The molecular formula is C13H14BrClN2S. The lowest BCUT2D eigenvalue weighted by Gasteiger charge is -2.12. The number of nitrogens with zero attached hydrogens (tertiary/aromatic N) is 2. The summed E-state index contributed by atoms with van der Waals surface area (Å²) in [7, 11) is 0. The van der Waals surface area contributed by atoms with Crippen LogP contribution in [-0.4, -0.2) is 18.1 Å². The summed E-state index contributed by atoms with van der Waals surface area (Å²) in [6.45, 7) is 2.29. The van der Waals surface area contributed by atoms with Crippen molar-refractivity contribution in [1.82, 2.24) is 4.98 Å². The molecule has 0 N–H and O–H groups in total. The van der Waals surface area contributed by atoms with Crippen LogP contribution in [0.3, 0.4) is 0 Å². The molecule has 96 valence electrons. The van der Waals surface area contributed by atoms with E-state index >= 15 is 0 Å². The van der Waals surface area contributed by atoms with E-state index in [1.807, 2.05) is 24.3 Å². The minimum absolute atomic E-state index is 0. The van der Waals surface area contributed by atoms with E-state index in [2.05, 4.69) is 10.3 Å². The van der Waals surface area contributed by atoms with Crippen molar-refractivity contribution in [2.75, 3.05) is 18.0 Å². The molecule has 0 bridgehead atoms. The second-order valence-corrected chi connectivity index (χ2v) is 5.49. The zero-order chi connectivity index (χ0) is 11.7. The molecule has 1 fully saturated rings. The molecule has 0 unspecified atom stereocenters. The maximum Gasteiger partial charge on any atom is 0.185 e. The molecule has 0 spiro atoms. The van der Waals surface area contributed by atoms with Crippen LogP contribution in [-0.2, 0) is 0 Å². The van der Waals surface area contributed by atoms with Gasteiger partial charge in [-0.1, -0.05) is 23.7 Å². The summed E-state index contributed by atoms with van der Waals surface area (Å²) in [4.78, 5) is 7.06. The zero-order valence-electron chi connectivity index (χ0n) is 9.80. The Bertz CT molecular complexity index is 506. The molecule has 3 rings (SSSR count). The van der Waals surface area contributed by atoms with Crippen molar-refractivity contribution in [1.29, 1.82) is 0 Å². The Morgan fingerprint density at radius 1 is 1.11 bits per heavy atom. The van der Waals surface area contributed by atoms with Crippen LogP contribution in [0.2, 0.25) is 5.02 Å². The van der Waals surface area contributed by atoms with E-state index in [-0.39, 0.29) is 17.0 Å². The smallest absolute Gasteiger partial charge is 0.185 e. The molecule has 2 nitrogen and oxygen atoms in total. The predicted molar refractivity (Wildman–Crippen MR) is 84.3 cm³/mol. The molecule has 0 radical (unpaired) electrons. The molecule has 1 saturated heterocycles. The molecule has 0 atom stereocenters. The van der Waals surface area contributed by atoms with Gasteiger partial charge >= 0.3 is 0 Å². The summed E-state index contributed by atoms with van der Waals surface area (Å²) in [6.07, 6.45) is 2.58. The van der Waals surface area contributed by atoms with Gasteiger partial charge in [-0.05, 0) is 25.0 Å². The Morgan fingerprint density at radius 3 is 2.44 bits per heavy atom. The van der Waals surface area contributed by atoms with Gasteiger partial charge in [0, 0.05) is 29.1 Å². The van der Waals surface area contributed by atoms with Gasteiger partial charge in [-0.3, -0.25) is 0 Å². The lowest BCUT2D eigenvalue weighted by atomic mass is 10.2. The first-order valence-electron chi connectivity index (χ1n) is 5.79. The van der Waals surface area contributed by atoms with Crippen LogP contribution in [0, 0.1) is 0 Å². The summed E-state index contributed by atoms with van der Waals surface area (Å²) in [5, 5.41) is 4.04. The molecule has 0 saturated carbocycles. The van der Waals surface area contributed by atoms with Gasteiger partial charge in [0.05, 0.1) is 5.69 Å². The largest absolute Gasteiger partial charge is 0.348 e. The molecule has 2 heterocycles. The highest BCUT2D eigenvalue weighted by Gasteiger charge is 2.15. The van der Waals surface area contributed by atoms with E-state index in [1.54, 1.807) is 11.3 Å². The van der Waals surface area contributed by atoms with E-state index in [0.717, 1.165) is 34.5 Å². The highest BCUT2D eigenvalue weighted by atomic mass is 79.9. The average molecular weight is 346 g/mol. The molecule has 1 aliphatic rings. The van der Waals surface area contributed by atoms with E-state index in [0.29, 0.717) is 0 Å². The van der Waals surface area contributed by atoms with Crippen LogP contribution in [0.5, 0.6) is 0 Å². The Hall–Kier alpha value is -0.580. The minimum atomic E-state index is 0. The maximum atomic E-state index is 5.88. The van der Waals surface area contributed by atoms with E-state index in [1.165, 1.54) is 12.8 Å². The quantitative estimate of drug-likeness (QED) is 0.788. The van der Waals surface area contributed by atoms with Crippen molar-refractivity contribution in [2.24, 2.45) is 0 Å². The standard InChI is InChI=1S/C13H13ClN2S.BrH/c14-11-5-3-10(4-6-11)12-9-17-13(15-12)16-7-1-2-8-16;/h3-6,9H,1-2,7-8H2;1H. The van der Waals surface area contributed by atoms with Crippen molar-refractivity contribution >= 4 is 45.1 Å². The van der Waals surface area contributed by atoms with Gasteiger partial charge in [0.25, 0.3) is 0 Å². The Morgan fingerprint density at radius 2 is 1.78 bits per heavy atom. The highest BCUT2D eigenvalue weighted by Crippen LogP contribution is 2.29. The Labute approximate surface area is 126 Å². The Balaban J connectivity index is 0.00000120. The number of benzene rings is 1. The van der Waals surface area contributed by atoms with Gasteiger partial charge in [0.2, 0.25) is 0 Å². The third-order valence-corrected chi connectivity index (χ3v) is 4.16. The third kappa shape index (κ3) is 2.87. The van der Waals surface area contributed by atoms with Crippen LogP contribution in [0.25, 0.3) is 11.3 Å². The number of anilines is 1. The molecule has 5 heteroatoms. The maximum absolute atomic E-state index is 5.88. The van der Waals surface area contributed by atoms with Gasteiger partial charge in [-0.25, -0.2) is 4.98 Å². The minimum Gasteiger partial charge on any atom is -0.348 e. The number of hydrogen-bond donors (Lipinski definition) is 0. The summed E-state index contributed by atoms with van der Waals surface area (Å²) in [5.74, 6) is 0. The second kappa shape index (κ2) is 6.04. The number of aromatic nitrogens is 1. The molecule has 2 aromatic rings. The third-order valence-electron chi connectivity index (χ3n) is 3.01. The summed E-state index contributed by atoms with van der Waals surface area (Å²) in [6, 6.07) is 7.85. The molecule has 0 amide bonds. The van der Waals surface area contributed by atoms with Crippen molar-refractivity contribution in [3.8, 4) is 11.3 Å². The molecule has 0 aliphatic carbocycles. The van der Waals surface area contributed by atoms with Crippen molar-refractivity contribution in [3.63, 3.8) is 0 Å². The first-order chi connectivity index (χ1) is 8.33. The summed E-state index contributed by atoms with van der Waals surface area (Å²) < 4.78 is 0. The Kier molecular flexibility index (Phi) is 4.65. The van der Waals surface area contributed by atoms with E-state index in [9.17, 15) is 0 Å². The lowest BCUT2D eigenvalue weighted by molar-refractivity contribution is 0.949. The van der Waals surface area contributed by atoms with Crippen LogP contribution in [0.15, 0.2) is 29.6 Å². The van der Waals surface area contributed by atoms with E-state index in [4.69, 9.17) is 16.6 Å². The van der Waals surface area contributed by atoms with Crippen LogP contribution in [0.1, 0.15) is 12.8 Å². The van der Waals surface area contributed by atoms with Crippen molar-refractivity contribution in [3.05, 3.63) is 34.7 Å². The van der Waals surface area contributed by atoms with Gasteiger partial charge in [0.1, 0.15) is 0 Å². The summed E-state index contributed by atoms with van der Waals surface area (Å²) >= 11 is 7.61. The second-order valence-electron chi connectivity index (χ2n) is 4.22. The highest BCUT2D eigenvalue weighted by molar-refractivity contribution is 8.93. The van der Waals surface area contributed by atoms with Gasteiger partial charge in [0.15, 0.2) is 5.13 Å². The molecule has 1 aromatic carbocycles. The van der Waals surface area contributed by atoms with Crippen LogP contribution >= 0.6 is 39.9 Å². The number of halogens is 2. The zero-order valence-corrected chi connectivity index (χ0v) is 13.1. The lowest BCUT2D eigenvalue weighted by Crippen LogP contribution is -2.17. The fourth-order valence-electron chi connectivity index (χ4n) is 2.07. The fourth-order valence-corrected chi connectivity index (χ4v) is 3.09. The number of rotatable bonds is 2. The number of hydrogen-bond acceptors (Lipinski definition) is 3. The van der Waals surface area contributed by atoms with Crippen molar-refractivity contribution < 1.29 is 0 Å². The van der Waals surface area contributed by atoms with Crippen LogP contribution < -0.4 is 4.90 Å². The SMILES string of the molecule is Br.Clc1ccc(-c2csc(N3CCCC3)n2)cc1. The monoisotopic (exact) mass is 344 g/mol. The van der Waals surface area contributed by atoms with Gasteiger partial charge in [-0.2, -0.15) is 0 Å². The van der Waals surface area contributed by atoms with E-state index < -0.39 is 0 Å². The first kappa shape index (κ1) is 13.8. The average Bonchev–Trinajstić information content (AvgIpc) is 3.00.